The quantitative estimate of drug-likeness (QED) is 0.856. The third-order valence-corrected chi connectivity index (χ3v) is 3.30. The average Bonchev–Trinajstić information content (AvgIpc) is 2.54. The number of hydrogen-bond acceptors (Lipinski definition) is 2. The van der Waals surface area contributed by atoms with Gasteiger partial charge in [-0.05, 0) is 11.6 Å². The van der Waals surface area contributed by atoms with Crippen LogP contribution in [0.1, 0.15) is 17.2 Å². The Labute approximate surface area is 137 Å². The highest BCUT2D eigenvalue weighted by atomic mass is 19.4. The highest BCUT2D eigenvalue weighted by Gasteiger charge is 2.41. The van der Waals surface area contributed by atoms with Crippen molar-refractivity contribution >= 4 is 11.7 Å². The molecule has 0 aromatic heterocycles. The molecule has 2 rings (SSSR count). The number of nitrogens with one attached hydrogen (secondary N) is 2. The van der Waals surface area contributed by atoms with E-state index < -0.39 is 18.2 Å². The van der Waals surface area contributed by atoms with E-state index in [1.54, 1.807) is 30.3 Å². The van der Waals surface area contributed by atoms with Gasteiger partial charge < -0.3 is 15.4 Å². The van der Waals surface area contributed by atoms with Gasteiger partial charge in [0, 0.05) is 18.4 Å². The molecule has 2 amide bonds. The number of benzene rings is 2. The number of carbonyl (C=O) groups is 1. The molecule has 0 aliphatic carbocycles. The average molecular weight is 338 g/mol. The summed E-state index contributed by atoms with van der Waals surface area (Å²) in [4.78, 5) is 12.0. The summed E-state index contributed by atoms with van der Waals surface area (Å²) in [6.07, 6.45) is -4.61. The molecule has 2 N–H and O–H groups in total. The van der Waals surface area contributed by atoms with E-state index >= 15 is 0 Å². The zero-order chi connectivity index (χ0) is 17.6. The summed E-state index contributed by atoms with van der Waals surface area (Å²) < 4.78 is 44.7. The van der Waals surface area contributed by atoms with Gasteiger partial charge in [0.15, 0.2) is 6.04 Å². The Morgan fingerprint density at radius 1 is 1.08 bits per heavy atom. The minimum absolute atomic E-state index is 0.0367. The van der Waals surface area contributed by atoms with Gasteiger partial charge in [0.05, 0.1) is 6.61 Å². The maximum absolute atomic E-state index is 13.2. The lowest BCUT2D eigenvalue weighted by atomic mass is 10.1. The molecule has 0 radical (unpaired) electrons. The third kappa shape index (κ3) is 4.73. The van der Waals surface area contributed by atoms with Crippen molar-refractivity contribution < 1.29 is 22.7 Å². The zero-order valence-electron chi connectivity index (χ0n) is 12.9. The molecule has 0 aliphatic rings. The Hall–Kier alpha value is -2.54. The molecule has 2 aromatic rings. The summed E-state index contributed by atoms with van der Waals surface area (Å²) in [5.41, 5.74) is 1.02. The fourth-order valence-electron chi connectivity index (χ4n) is 2.21. The van der Waals surface area contributed by atoms with Crippen LogP contribution in [0, 0.1) is 0 Å². The second-order valence-electron chi connectivity index (χ2n) is 5.07. The number of carbonyl (C=O) groups excluding carboxylic acids is 1. The van der Waals surface area contributed by atoms with Crippen molar-refractivity contribution in [1.82, 2.24) is 5.32 Å². The monoisotopic (exact) mass is 338 g/mol. The van der Waals surface area contributed by atoms with Crippen LogP contribution in [0.25, 0.3) is 0 Å². The van der Waals surface area contributed by atoms with Gasteiger partial charge in [0.2, 0.25) is 0 Å². The number of urea groups is 1. The fraction of sp³-hybridized carbons (Fsp3) is 0.235. The first-order valence-corrected chi connectivity index (χ1v) is 7.18. The van der Waals surface area contributed by atoms with Gasteiger partial charge in [0.1, 0.15) is 0 Å². The molecule has 1 atom stereocenters. The number of anilines is 1. The molecule has 0 bridgehead atoms. The predicted octanol–water partition coefficient (Wildman–Crippen LogP) is 4.26. The summed E-state index contributed by atoms with van der Waals surface area (Å²) in [5.74, 6) is 0. The van der Waals surface area contributed by atoms with Gasteiger partial charge in [-0.3, -0.25) is 0 Å². The molecule has 0 aliphatic heterocycles. The van der Waals surface area contributed by atoms with Crippen LogP contribution in [0.5, 0.6) is 0 Å². The lowest BCUT2D eigenvalue weighted by Crippen LogP contribution is -2.40. The topological polar surface area (TPSA) is 50.4 Å². The zero-order valence-corrected chi connectivity index (χ0v) is 12.9. The molecular formula is C17H17F3N2O2. The van der Waals surface area contributed by atoms with Crippen LogP contribution < -0.4 is 10.6 Å². The van der Waals surface area contributed by atoms with Crippen molar-refractivity contribution in [2.75, 3.05) is 12.4 Å². The first-order chi connectivity index (χ1) is 11.4. The molecule has 4 nitrogen and oxygen atoms in total. The van der Waals surface area contributed by atoms with Crippen molar-refractivity contribution in [3.63, 3.8) is 0 Å². The van der Waals surface area contributed by atoms with E-state index in [1.165, 1.54) is 31.4 Å². The summed E-state index contributed by atoms with van der Waals surface area (Å²) in [7, 11) is 1.49. The maximum Gasteiger partial charge on any atom is 0.412 e. The van der Waals surface area contributed by atoms with Crippen LogP contribution in [0.2, 0.25) is 0 Å². The number of halogens is 3. The standard InChI is InChI=1S/C17H17F3N2O2/c1-24-11-13-9-5-6-10-14(13)21-16(23)22-15(17(18,19)20)12-7-3-2-4-8-12/h2-10,15H,11H2,1H3,(H2,21,22,23)/t15-/m1/s1. The van der Waals surface area contributed by atoms with Crippen LogP contribution in [0.3, 0.4) is 0 Å². The fourth-order valence-corrected chi connectivity index (χ4v) is 2.21. The van der Waals surface area contributed by atoms with Crippen LogP contribution in [0.15, 0.2) is 54.6 Å². The molecule has 0 spiro atoms. The minimum Gasteiger partial charge on any atom is -0.380 e. The number of alkyl halides is 3. The molecule has 0 heterocycles. The Morgan fingerprint density at radius 3 is 2.33 bits per heavy atom. The van der Waals surface area contributed by atoms with E-state index in [4.69, 9.17) is 4.74 Å². The number of ether oxygens (including phenoxy) is 1. The Bertz CT molecular complexity index is 675. The highest BCUT2D eigenvalue weighted by molar-refractivity contribution is 5.90. The molecule has 0 fully saturated rings. The number of para-hydroxylation sites is 1. The Morgan fingerprint density at radius 2 is 1.71 bits per heavy atom. The van der Waals surface area contributed by atoms with Crippen LogP contribution in [0.4, 0.5) is 23.7 Å². The van der Waals surface area contributed by atoms with Gasteiger partial charge in [-0.2, -0.15) is 13.2 Å². The normalized spacial score (nSPS) is 12.5. The SMILES string of the molecule is COCc1ccccc1NC(=O)N[C@H](c1ccccc1)C(F)(F)F. The second kappa shape index (κ2) is 7.83. The lowest BCUT2D eigenvalue weighted by molar-refractivity contribution is -0.154. The van der Waals surface area contributed by atoms with Crippen LogP contribution in [-0.4, -0.2) is 19.3 Å². The number of hydrogen-bond donors (Lipinski definition) is 2. The highest BCUT2D eigenvalue weighted by Crippen LogP contribution is 2.32. The summed E-state index contributed by atoms with van der Waals surface area (Å²) in [5, 5.41) is 4.41. The Kier molecular flexibility index (Phi) is 5.81. The predicted molar refractivity (Wildman–Crippen MR) is 84.5 cm³/mol. The van der Waals surface area contributed by atoms with Crippen LogP contribution in [-0.2, 0) is 11.3 Å². The number of methoxy groups -OCH3 is 1. The van der Waals surface area contributed by atoms with Crippen molar-refractivity contribution in [2.24, 2.45) is 0 Å². The largest absolute Gasteiger partial charge is 0.412 e. The van der Waals surface area contributed by atoms with Gasteiger partial charge >= 0.3 is 12.2 Å². The van der Waals surface area contributed by atoms with E-state index in [1.807, 2.05) is 5.32 Å². The van der Waals surface area contributed by atoms with Crippen molar-refractivity contribution in [3.8, 4) is 0 Å². The van der Waals surface area contributed by atoms with E-state index in [2.05, 4.69) is 5.32 Å². The van der Waals surface area contributed by atoms with E-state index in [0.717, 1.165) is 0 Å². The summed E-state index contributed by atoms with van der Waals surface area (Å²) >= 11 is 0. The van der Waals surface area contributed by atoms with Gasteiger partial charge in [-0.25, -0.2) is 4.79 Å². The van der Waals surface area contributed by atoms with Gasteiger partial charge in [-0.15, -0.1) is 0 Å². The smallest absolute Gasteiger partial charge is 0.380 e. The molecule has 24 heavy (non-hydrogen) atoms. The van der Waals surface area contributed by atoms with Crippen molar-refractivity contribution in [3.05, 3.63) is 65.7 Å². The molecule has 0 saturated heterocycles. The second-order valence-corrected chi connectivity index (χ2v) is 5.07. The van der Waals surface area contributed by atoms with Gasteiger partial charge in [0.25, 0.3) is 0 Å². The van der Waals surface area contributed by atoms with Crippen LogP contribution >= 0.6 is 0 Å². The lowest BCUT2D eigenvalue weighted by Gasteiger charge is -2.22. The first-order valence-electron chi connectivity index (χ1n) is 7.18. The summed E-state index contributed by atoms with van der Waals surface area (Å²) in [6.45, 7) is 0.234. The molecule has 0 unspecified atom stereocenters. The van der Waals surface area contributed by atoms with Gasteiger partial charge in [-0.1, -0.05) is 48.5 Å². The molecular weight excluding hydrogens is 321 g/mol. The molecule has 128 valence electrons. The minimum atomic E-state index is -4.61. The van der Waals surface area contributed by atoms with E-state index in [9.17, 15) is 18.0 Å². The maximum atomic E-state index is 13.2. The third-order valence-electron chi connectivity index (χ3n) is 3.30. The molecule has 7 heteroatoms. The number of amides is 2. The summed E-state index contributed by atoms with van der Waals surface area (Å²) in [6, 6.07) is 10.9. The molecule has 0 saturated carbocycles. The van der Waals surface area contributed by atoms with E-state index in [0.29, 0.717) is 11.3 Å². The molecule has 2 aromatic carbocycles. The van der Waals surface area contributed by atoms with Crippen molar-refractivity contribution in [2.45, 2.75) is 18.8 Å². The first kappa shape index (κ1) is 17.8. The number of rotatable bonds is 5. The van der Waals surface area contributed by atoms with Crippen molar-refractivity contribution in [1.29, 1.82) is 0 Å². The van der Waals surface area contributed by atoms with E-state index in [-0.39, 0.29) is 12.2 Å². The Balaban J connectivity index is 2.15.